The molecule has 156 valence electrons. The molecule has 1 N–H and O–H groups in total. The summed E-state index contributed by atoms with van der Waals surface area (Å²) in [6, 6.07) is 16.8. The Hall–Kier alpha value is -2.50. The van der Waals surface area contributed by atoms with Gasteiger partial charge in [0.05, 0.1) is 11.9 Å². The summed E-state index contributed by atoms with van der Waals surface area (Å²) in [4.78, 5) is 5.15. The normalized spacial score (nSPS) is 20.0. The highest BCUT2D eigenvalue weighted by Crippen LogP contribution is 2.29. The number of likely N-dealkylation sites (N-methyl/N-ethyl adjacent to an activating group) is 1. The number of nitrogens with zero attached hydrogens (tertiary/aromatic N) is 3. The zero-order chi connectivity index (χ0) is 20.5. The van der Waals surface area contributed by atoms with E-state index in [0.29, 0.717) is 12.1 Å². The smallest absolute Gasteiger partial charge is 0.123 e. The Morgan fingerprint density at radius 2 is 1.93 bits per heavy atom. The van der Waals surface area contributed by atoms with Crippen molar-refractivity contribution in [2.75, 3.05) is 20.1 Å². The van der Waals surface area contributed by atoms with Crippen LogP contribution in [0.3, 0.4) is 0 Å². The summed E-state index contributed by atoms with van der Waals surface area (Å²) in [5, 5.41) is 7.31. The lowest BCUT2D eigenvalue weighted by Crippen LogP contribution is -2.50. The fourth-order valence-electron chi connectivity index (χ4n) is 5.19. The number of H-pyrrole nitrogens is 1. The largest absolute Gasteiger partial charge is 0.298 e. The van der Waals surface area contributed by atoms with E-state index in [2.05, 4.69) is 51.3 Å². The maximum Gasteiger partial charge on any atom is 0.123 e. The molecular weight excluding hydrogens is 375 g/mol. The minimum atomic E-state index is -0.220. The van der Waals surface area contributed by atoms with Gasteiger partial charge in [-0.05, 0) is 62.5 Å². The molecule has 1 atom stereocenters. The third-order valence-electron chi connectivity index (χ3n) is 6.85. The summed E-state index contributed by atoms with van der Waals surface area (Å²) in [6.45, 7) is 3.12. The van der Waals surface area contributed by atoms with E-state index in [1.54, 1.807) is 12.1 Å². The molecule has 5 rings (SSSR count). The number of aromatic nitrogens is 2. The van der Waals surface area contributed by atoms with E-state index in [1.807, 2.05) is 12.3 Å². The van der Waals surface area contributed by atoms with Crippen molar-refractivity contribution in [1.82, 2.24) is 20.0 Å². The Bertz CT molecular complexity index is 989. The number of fused-ring (bicyclic) bond motifs is 1. The number of aromatic amines is 1. The van der Waals surface area contributed by atoms with Gasteiger partial charge >= 0.3 is 0 Å². The number of hydrogen-bond donors (Lipinski definition) is 1. The summed E-state index contributed by atoms with van der Waals surface area (Å²) in [7, 11) is 2.21. The number of piperidine rings is 1. The Labute approximate surface area is 177 Å². The van der Waals surface area contributed by atoms with Crippen molar-refractivity contribution in [3.05, 3.63) is 77.2 Å². The molecule has 0 bridgehead atoms. The lowest BCUT2D eigenvalue weighted by Gasteiger charge is -2.40. The van der Waals surface area contributed by atoms with Gasteiger partial charge in [0.15, 0.2) is 0 Å². The molecule has 1 aliphatic carbocycles. The number of halogens is 1. The minimum absolute atomic E-state index is 0.220. The molecule has 30 heavy (non-hydrogen) atoms. The second-order valence-electron chi connectivity index (χ2n) is 8.82. The van der Waals surface area contributed by atoms with Crippen LogP contribution < -0.4 is 0 Å². The van der Waals surface area contributed by atoms with Gasteiger partial charge in [-0.2, -0.15) is 5.10 Å². The van der Waals surface area contributed by atoms with Gasteiger partial charge in [-0.25, -0.2) is 4.39 Å². The fraction of sp³-hybridized carbons (Fsp3) is 0.400. The van der Waals surface area contributed by atoms with Crippen LogP contribution in [0.4, 0.5) is 4.39 Å². The third kappa shape index (κ3) is 3.92. The Morgan fingerprint density at radius 3 is 2.70 bits per heavy atom. The summed E-state index contributed by atoms with van der Waals surface area (Å²) < 4.78 is 13.7. The van der Waals surface area contributed by atoms with Crippen molar-refractivity contribution in [1.29, 1.82) is 0 Å². The maximum atomic E-state index is 13.7. The Morgan fingerprint density at radius 1 is 1.13 bits per heavy atom. The second kappa shape index (κ2) is 8.32. The van der Waals surface area contributed by atoms with Crippen LogP contribution in [-0.4, -0.2) is 52.2 Å². The van der Waals surface area contributed by atoms with Gasteiger partial charge in [-0.1, -0.05) is 36.4 Å². The van der Waals surface area contributed by atoms with Crippen LogP contribution in [0.2, 0.25) is 0 Å². The molecule has 0 saturated carbocycles. The van der Waals surface area contributed by atoms with Crippen molar-refractivity contribution >= 4 is 0 Å². The topological polar surface area (TPSA) is 35.2 Å². The van der Waals surface area contributed by atoms with E-state index in [0.717, 1.165) is 29.9 Å². The van der Waals surface area contributed by atoms with Gasteiger partial charge in [-0.3, -0.25) is 14.9 Å². The Kier molecular flexibility index (Phi) is 5.40. The van der Waals surface area contributed by atoms with Gasteiger partial charge in [0, 0.05) is 36.3 Å². The quantitative estimate of drug-likeness (QED) is 0.689. The summed E-state index contributed by atoms with van der Waals surface area (Å²) in [5.74, 6) is -0.220. The van der Waals surface area contributed by atoms with Gasteiger partial charge in [0.2, 0.25) is 0 Å². The molecule has 1 aliphatic heterocycles. The number of likely N-dealkylation sites (tertiary alicyclic amines) is 1. The van der Waals surface area contributed by atoms with E-state index in [9.17, 15) is 4.39 Å². The number of nitrogens with one attached hydrogen (secondary N) is 1. The van der Waals surface area contributed by atoms with Crippen molar-refractivity contribution < 1.29 is 4.39 Å². The van der Waals surface area contributed by atoms with Crippen molar-refractivity contribution in [2.24, 2.45) is 0 Å². The second-order valence-corrected chi connectivity index (χ2v) is 8.82. The Balaban J connectivity index is 1.25. The molecule has 1 saturated heterocycles. The zero-order valence-corrected chi connectivity index (χ0v) is 17.5. The van der Waals surface area contributed by atoms with E-state index in [4.69, 9.17) is 0 Å². The molecule has 0 amide bonds. The molecule has 4 nitrogen and oxygen atoms in total. The highest BCUT2D eigenvalue weighted by Gasteiger charge is 2.31. The fourth-order valence-corrected chi connectivity index (χ4v) is 5.19. The molecule has 1 unspecified atom stereocenters. The third-order valence-corrected chi connectivity index (χ3v) is 6.85. The summed E-state index contributed by atoms with van der Waals surface area (Å²) in [5.41, 5.74) is 5.94. The van der Waals surface area contributed by atoms with E-state index in [1.165, 1.54) is 49.4 Å². The van der Waals surface area contributed by atoms with Gasteiger partial charge in [-0.15, -0.1) is 0 Å². The van der Waals surface area contributed by atoms with Crippen molar-refractivity contribution in [2.45, 2.75) is 44.3 Å². The van der Waals surface area contributed by atoms with Crippen LogP contribution in [0, 0.1) is 5.82 Å². The first-order valence-corrected chi connectivity index (χ1v) is 11.0. The van der Waals surface area contributed by atoms with Crippen molar-refractivity contribution in [3.8, 4) is 11.3 Å². The molecule has 1 fully saturated rings. The molecule has 5 heteroatoms. The zero-order valence-electron chi connectivity index (χ0n) is 17.5. The van der Waals surface area contributed by atoms with Gasteiger partial charge in [0.1, 0.15) is 5.82 Å². The molecule has 2 heterocycles. The monoisotopic (exact) mass is 404 g/mol. The van der Waals surface area contributed by atoms with Gasteiger partial charge < -0.3 is 0 Å². The average Bonchev–Trinajstić information content (AvgIpc) is 3.40. The first kappa shape index (κ1) is 19.5. The minimum Gasteiger partial charge on any atom is -0.298 e. The molecular formula is C25H29FN4. The highest BCUT2D eigenvalue weighted by atomic mass is 19.1. The van der Waals surface area contributed by atoms with Crippen LogP contribution in [0.15, 0.2) is 54.7 Å². The number of rotatable bonds is 5. The molecule has 0 spiro atoms. The van der Waals surface area contributed by atoms with Crippen LogP contribution in [0.1, 0.15) is 29.5 Å². The summed E-state index contributed by atoms with van der Waals surface area (Å²) in [6.07, 6.45) is 6.70. The van der Waals surface area contributed by atoms with E-state index < -0.39 is 0 Å². The number of benzene rings is 2. The first-order valence-electron chi connectivity index (χ1n) is 11.0. The number of hydrogen-bond acceptors (Lipinski definition) is 3. The molecule has 3 aromatic rings. The molecule has 0 radical (unpaired) electrons. The highest BCUT2D eigenvalue weighted by molar-refractivity contribution is 5.62. The van der Waals surface area contributed by atoms with E-state index in [-0.39, 0.29) is 5.82 Å². The lowest BCUT2D eigenvalue weighted by molar-refractivity contribution is 0.0836. The molecule has 2 aliphatic rings. The predicted octanol–water partition coefficient (Wildman–Crippen LogP) is 4.28. The van der Waals surface area contributed by atoms with Crippen LogP contribution in [0.5, 0.6) is 0 Å². The SMILES string of the molecule is CN(Cc1cn[nH]c1-c1cccc(F)c1)C1CCCN(C2Cc3ccccc3C2)C1. The summed E-state index contributed by atoms with van der Waals surface area (Å²) >= 11 is 0. The standard InChI is InChI=1S/C25H29FN4/c1-29(16-21-15-27-28-25(21)20-8-4-9-22(26)12-20)23-10-5-11-30(17-23)24-13-18-6-2-3-7-19(18)14-24/h2-4,6-9,12,15,23-24H,5,10-11,13-14,16-17H2,1H3,(H,27,28). The van der Waals surface area contributed by atoms with Crippen molar-refractivity contribution in [3.63, 3.8) is 0 Å². The maximum absolute atomic E-state index is 13.7. The first-order chi connectivity index (χ1) is 14.7. The molecule has 2 aromatic carbocycles. The van der Waals surface area contributed by atoms with Crippen LogP contribution in [-0.2, 0) is 19.4 Å². The van der Waals surface area contributed by atoms with E-state index >= 15 is 0 Å². The molecule has 1 aromatic heterocycles. The van der Waals surface area contributed by atoms with Gasteiger partial charge in [0.25, 0.3) is 0 Å². The van der Waals surface area contributed by atoms with Crippen LogP contribution >= 0.6 is 0 Å². The average molecular weight is 405 g/mol. The lowest BCUT2D eigenvalue weighted by atomic mass is 10.0. The predicted molar refractivity (Wildman–Crippen MR) is 118 cm³/mol. The van der Waals surface area contributed by atoms with Crippen LogP contribution in [0.25, 0.3) is 11.3 Å².